The predicted octanol–water partition coefficient (Wildman–Crippen LogP) is 3.73. The number of fused-ring (bicyclic) bond motifs is 5. The van der Waals surface area contributed by atoms with Crippen LogP contribution >= 0.6 is 31.9 Å². The Bertz CT molecular complexity index is 557. The highest BCUT2D eigenvalue weighted by Crippen LogP contribution is 2.56. The topological polar surface area (TPSA) is 12.5 Å². The van der Waals surface area contributed by atoms with Crippen molar-refractivity contribution in [2.24, 2.45) is 0 Å². The van der Waals surface area contributed by atoms with E-state index in [9.17, 15) is 0 Å². The maximum Gasteiger partial charge on any atom is 0.120 e. The second kappa shape index (κ2) is 2.65. The second-order valence-electron chi connectivity index (χ2n) is 4.02. The zero-order chi connectivity index (χ0) is 10.2. The summed E-state index contributed by atoms with van der Waals surface area (Å²) in [5, 5.41) is 0. The van der Waals surface area contributed by atoms with E-state index in [2.05, 4.69) is 56.1 Å². The van der Waals surface area contributed by atoms with Crippen LogP contribution in [0, 0.1) is 0 Å². The monoisotopic (exact) mass is 324 g/mol. The lowest BCUT2D eigenvalue weighted by atomic mass is 9.76. The molecule has 1 fully saturated rings. The third kappa shape index (κ3) is 1.01. The van der Waals surface area contributed by atoms with Crippen molar-refractivity contribution < 1.29 is 4.74 Å². The molecule has 3 heteroatoms. The van der Waals surface area contributed by atoms with Gasteiger partial charge in [-0.1, -0.05) is 37.9 Å². The van der Waals surface area contributed by atoms with Gasteiger partial charge in [-0.05, 0) is 40.5 Å². The summed E-state index contributed by atoms with van der Waals surface area (Å²) in [6, 6.07) is 6.44. The van der Waals surface area contributed by atoms with Crippen molar-refractivity contribution in [3.63, 3.8) is 0 Å². The van der Waals surface area contributed by atoms with Crippen molar-refractivity contribution in [1.29, 1.82) is 0 Å². The quantitative estimate of drug-likeness (QED) is 0.662. The number of rotatable bonds is 0. The molecule has 15 heavy (non-hydrogen) atoms. The summed E-state index contributed by atoms with van der Waals surface area (Å²) < 4.78 is 7.94. The third-order valence-electron chi connectivity index (χ3n) is 3.18. The third-order valence-corrected chi connectivity index (χ3v) is 4.36. The molecule has 0 saturated carbocycles. The number of hydrogen-bond acceptors (Lipinski definition) is 1. The Hall–Kier alpha value is -0.380. The normalized spacial score (nSPS) is 29.9. The maximum atomic E-state index is 5.63. The number of ether oxygens (including phenoxy) is 1. The van der Waals surface area contributed by atoms with Crippen LogP contribution in [0.25, 0.3) is 11.1 Å². The van der Waals surface area contributed by atoms with Gasteiger partial charge in [0, 0.05) is 8.96 Å². The van der Waals surface area contributed by atoms with Gasteiger partial charge in [-0.2, -0.15) is 0 Å². The van der Waals surface area contributed by atoms with Gasteiger partial charge in [0.2, 0.25) is 0 Å². The van der Waals surface area contributed by atoms with Gasteiger partial charge < -0.3 is 4.74 Å². The molecule has 1 heterocycles. The average Bonchev–Trinajstić information content (AvgIpc) is 2.97. The molecule has 1 nitrogen and oxygen atoms in total. The molecule has 0 bridgehead atoms. The van der Waals surface area contributed by atoms with E-state index in [0.717, 1.165) is 4.47 Å². The molecule has 0 N–H and O–H groups in total. The summed E-state index contributed by atoms with van der Waals surface area (Å²) in [7, 11) is 0. The largest absolute Gasteiger partial charge is 0.359 e. The maximum absolute atomic E-state index is 5.63. The Morgan fingerprint density at radius 2 is 1.93 bits per heavy atom. The Morgan fingerprint density at radius 3 is 2.80 bits per heavy atom. The van der Waals surface area contributed by atoms with Gasteiger partial charge in [0.25, 0.3) is 0 Å². The first-order valence-corrected chi connectivity index (χ1v) is 6.41. The van der Waals surface area contributed by atoms with E-state index >= 15 is 0 Å². The molecule has 74 valence electrons. The number of allylic oxidation sites excluding steroid dienone is 2. The van der Waals surface area contributed by atoms with Gasteiger partial charge in [0.15, 0.2) is 0 Å². The summed E-state index contributed by atoms with van der Waals surface area (Å²) in [4.78, 5) is 0. The standard InChI is InChI=1S/C12H6Br2O/c13-5-1-2-6-7(3-5)8-4-9(14)11-12(15-11)10(6)8/h1-4,11-12H. The molecule has 0 spiro atoms. The molecule has 2 aliphatic carbocycles. The summed E-state index contributed by atoms with van der Waals surface area (Å²) in [6.07, 6.45) is 2.80. The number of halogens is 2. The zero-order valence-electron chi connectivity index (χ0n) is 7.63. The Labute approximate surface area is 104 Å². The fourth-order valence-electron chi connectivity index (χ4n) is 2.43. The highest BCUT2D eigenvalue weighted by atomic mass is 79.9. The zero-order valence-corrected chi connectivity index (χ0v) is 10.8. The van der Waals surface area contributed by atoms with Gasteiger partial charge in [-0.3, -0.25) is 0 Å². The Morgan fingerprint density at radius 1 is 1.07 bits per heavy atom. The molecule has 1 aliphatic heterocycles. The van der Waals surface area contributed by atoms with Crippen molar-refractivity contribution in [1.82, 2.24) is 0 Å². The Kier molecular flexibility index (Phi) is 1.54. The molecular formula is C12H6Br2O. The fraction of sp³-hybridized carbons (Fsp3) is 0.167. The van der Waals surface area contributed by atoms with Crippen molar-refractivity contribution in [2.75, 3.05) is 0 Å². The number of benzene rings is 1. The predicted molar refractivity (Wildman–Crippen MR) is 66.6 cm³/mol. The van der Waals surface area contributed by atoms with E-state index in [-0.39, 0.29) is 0 Å². The molecule has 0 aromatic heterocycles. The van der Waals surface area contributed by atoms with Gasteiger partial charge in [0.1, 0.15) is 12.2 Å². The van der Waals surface area contributed by atoms with E-state index in [1.807, 2.05) is 0 Å². The minimum absolute atomic E-state index is 0.292. The summed E-state index contributed by atoms with van der Waals surface area (Å²) >= 11 is 7.06. The van der Waals surface area contributed by atoms with Gasteiger partial charge in [0.05, 0.1) is 0 Å². The van der Waals surface area contributed by atoms with Crippen LogP contribution in [0.3, 0.4) is 0 Å². The van der Waals surface area contributed by atoms with Gasteiger partial charge in [-0.25, -0.2) is 0 Å². The van der Waals surface area contributed by atoms with Crippen molar-refractivity contribution in [3.8, 4) is 0 Å². The Balaban J connectivity index is 1.93. The van der Waals surface area contributed by atoms with Crippen LogP contribution in [0.15, 0.2) is 33.2 Å². The SMILES string of the molecule is BrC1=CC2=C(c3ccc(Br)cc32)C2OC12. The van der Waals surface area contributed by atoms with Crippen LogP contribution in [0.2, 0.25) is 0 Å². The second-order valence-corrected chi connectivity index (χ2v) is 5.86. The first-order valence-electron chi connectivity index (χ1n) is 4.83. The fourth-order valence-corrected chi connectivity index (χ4v) is 3.36. The van der Waals surface area contributed by atoms with E-state index in [4.69, 9.17) is 4.74 Å². The smallest absolute Gasteiger partial charge is 0.120 e. The molecule has 2 unspecified atom stereocenters. The van der Waals surface area contributed by atoms with E-state index in [0.29, 0.717) is 12.2 Å². The first-order chi connectivity index (χ1) is 7.25. The molecule has 1 aromatic carbocycles. The van der Waals surface area contributed by atoms with Crippen LogP contribution in [0.4, 0.5) is 0 Å². The van der Waals surface area contributed by atoms with E-state index < -0.39 is 0 Å². The first kappa shape index (κ1) is 8.74. The lowest BCUT2D eigenvalue weighted by Crippen LogP contribution is -2.15. The molecule has 4 rings (SSSR count). The van der Waals surface area contributed by atoms with Crippen molar-refractivity contribution in [2.45, 2.75) is 12.2 Å². The molecule has 3 aliphatic rings. The van der Waals surface area contributed by atoms with Gasteiger partial charge >= 0.3 is 0 Å². The highest BCUT2D eigenvalue weighted by molar-refractivity contribution is 9.11. The molecule has 1 saturated heterocycles. The lowest BCUT2D eigenvalue weighted by Gasteiger charge is -2.27. The van der Waals surface area contributed by atoms with Crippen LogP contribution < -0.4 is 0 Å². The summed E-state index contributed by atoms with van der Waals surface area (Å²) in [5.41, 5.74) is 5.44. The van der Waals surface area contributed by atoms with Gasteiger partial charge in [-0.15, -0.1) is 0 Å². The van der Waals surface area contributed by atoms with E-state index in [1.54, 1.807) is 0 Å². The van der Waals surface area contributed by atoms with Crippen LogP contribution in [0.5, 0.6) is 0 Å². The van der Waals surface area contributed by atoms with Crippen molar-refractivity contribution in [3.05, 3.63) is 44.4 Å². The van der Waals surface area contributed by atoms with Crippen molar-refractivity contribution >= 4 is 43.0 Å². The van der Waals surface area contributed by atoms with Crippen LogP contribution in [0.1, 0.15) is 11.1 Å². The molecule has 0 radical (unpaired) electrons. The van der Waals surface area contributed by atoms with Crippen LogP contribution in [-0.4, -0.2) is 12.2 Å². The highest BCUT2D eigenvalue weighted by Gasteiger charge is 2.51. The molecule has 2 atom stereocenters. The summed E-state index contributed by atoms with van der Waals surface area (Å²) in [6.45, 7) is 0. The minimum atomic E-state index is 0.292. The molecular weight excluding hydrogens is 320 g/mol. The number of hydrogen-bond donors (Lipinski definition) is 0. The van der Waals surface area contributed by atoms with Crippen LogP contribution in [-0.2, 0) is 4.74 Å². The molecule has 0 amide bonds. The lowest BCUT2D eigenvalue weighted by molar-refractivity contribution is 0.416. The van der Waals surface area contributed by atoms with E-state index in [1.165, 1.54) is 26.8 Å². The minimum Gasteiger partial charge on any atom is -0.359 e. The molecule has 1 aromatic rings. The average molecular weight is 326 g/mol. The number of epoxide rings is 1. The summed E-state index contributed by atoms with van der Waals surface area (Å²) in [5.74, 6) is 0.